The molecule has 0 aliphatic carbocycles. The van der Waals surface area contributed by atoms with Crippen molar-refractivity contribution in [2.45, 2.75) is 25.4 Å². The summed E-state index contributed by atoms with van der Waals surface area (Å²) >= 11 is 2.07. The lowest BCUT2D eigenvalue weighted by Gasteiger charge is -2.22. The first-order valence-electron chi connectivity index (χ1n) is 6.82. The number of nitrogens with zero attached hydrogens (tertiary/aromatic N) is 2. The number of hydrogen-bond acceptors (Lipinski definition) is 3. The predicted octanol–water partition coefficient (Wildman–Crippen LogP) is 2.86. The van der Waals surface area contributed by atoms with Crippen LogP contribution in [0.4, 0.5) is 0 Å². The van der Waals surface area contributed by atoms with E-state index >= 15 is 0 Å². The summed E-state index contributed by atoms with van der Waals surface area (Å²) in [6.07, 6.45) is 6.65. The summed E-state index contributed by atoms with van der Waals surface area (Å²) in [6, 6.07) is 10.9. The molecule has 1 saturated heterocycles. The van der Waals surface area contributed by atoms with Gasteiger partial charge in [-0.1, -0.05) is 18.2 Å². The van der Waals surface area contributed by atoms with Crippen LogP contribution in [-0.2, 0) is 6.54 Å². The third-order valence-corrected chi connectivity index (χ3v) is 4.52. The van der Waals surface area contributed by atoms with Gasteiger partial charge in [0.05, 0.1) is 11.9 Å². The second kappa shape index (κ2) is 6.26. The monoisotopic (exact) mass is 273 g/mol. The summed E-state index contributed by atoms with van der Waals surface area (Å²) in [4.78, 5) is 0. The molecular formula is C15H19N3S. The average molecular weight is 273 g/mol. The predicted molar refractivity (Wildman–Crippen MR) is 80.8 cm³/mol. The Hall–Kier alpha value is -1.26. The first-order valence-corrected chi connectivity index (χ1v) is 7.97. The molecule has 1 aromatic carbocycles. The minimum Gasteiger partial charge on any atom is -0.310 e. The van der Waals surface area contributed by atoms with E-state index in [1.54, 1.807) is 0 Å². The second-order valence-electron chi connectivity index (χ2n) is 4.90. The highest BCUT2D eigenvalue weighted by molar-refractivity contribution is 7.99. The third-order valence-electron chi connectivity index (χ3n) is 3.47. The van der Waals surface area contributed by atoms with Gasteiger partial charge in [-0.15, -0.1) is 0 Å². The lowest BCUT2D eigenvalue weighted by molar-refractivity contribution is 0.482. The number of thioether (sulfide) groups is 1. The average Bonchev–Trinajstić information content (AvgIpc) is 2.96. The maximum atomic E-state index is 4.42. The van der Waals surface area contributed by atoms with Gasteiger partial charge in [0.25, 0.3) is 0 Å². The van der Waals surface area contributed by atoms with Gasteiger partial charge in [-0.25, -0.2) is 4.68 Å². The first-order chi connectivity index (χ1) is 9.42. The molecule has 0 bridgehead atoms. The molecule has 0 spiro atoms. The summed E-state index contributed by atoms with van der Waals surface area (Å²) in [6.45, 7) is 0.919. The topological polar surface area (TPSA) is 29.9 Å². The van der Waals surface area contributed by atoms with Crippen molar-refractivity contribution in [1.29, 1.82) is 0 Å². The van der Waals surface area contributed by atoms with E-state index in [0.717, 1.165) is 12.2 Å². The Morgan fingerprint density at radius 3 is 2.79 bits per heavy atom. The van der Waals surface area contributed by atoms with Gasteiger partial charge in [-0.05, 0) is 36.5 Å². The van der Waals surface area contributed by atoms with Gasteiger partial charge < -0.3 is 5.32 Å². The van der Waals surface area contributed by atoms with Crippen molar-refractivity contribution >= 4 is 11.8 Å². The van der Waals surface area contributed by atoms with Crippen molar-refractivity contribution in [3.05, 3.63) is 48.3 Å². The molecule has 1 fully saturated rings. The van der Waals surface area contributed by atoms with Gasteiger partial charge in [0, 0.05) is 24.3 Å². The van der Waals surface area contributed by atoms with Crippen molar-refractivity contribution in [2.24, 2.45) is 0 Å². The zero-order chi connectivity index (χ0) is 12.9. The van der Waals surface area contributed by atoms with Crippen molar-refractivity contribution in [3.8, 4) is 5.69 Å². The van der Waals surface area contributed by atoms with Crippen LogP contribution in [0.1, 0.15) is 18.4 Å². The van der Waals surface area contributed by atoms with Gasteiger partial charge >= 0.3 is 0 Å². The molecule has 2 heterocycles. The molecule has 0 atom stereocenters. The van der Waals surface area contributed by atoms with Crippen LogP contribution in [-0.4, -0.2) is 27.3 Å². The molecule has 0 unspecified atom stereocenters. The molecule has 2 aromatic rings. The van der Waals surface area contributed by atoms with Gasteiger partial charge in [0.15, 0.2) is 0 Å². The summed E-state index contributed by atoms with van der Waals surface area (Å²) < 4.78 is 1.94. The van der Waals surface area contributed by atoms with Crippen LogP contribution in [0.2, 0.25) is 0 Å². The summed E-state index contributed by atoms with van der Waals surface area (Å²) in [5, 5.41) is 8.06. The molecule has 1 aliphatic heterocycles. The minimum atomic E-state index is 0.682. The van der Waals surface area contributed by atoms with E-state index < -0.39 is 0 Å². The molecule has 1 aromatic heterocycles. The van der Waals surface area contributed by atoms with E-state index in [0.29, 0.717) is 6.04 Å². The van der Waals surface area contributed by atoms with Crippen LogP contribution >= 0.6 is 11.8 Å². The lowest BCUT2D eigenvalue weighted by atomic mass is 10.1. The molecule has 0 amide bonds. The Morgan fingerprint density at radius 2 is 2.00 bits per heavy atom. The Kier molecular flexibility index (Phi) is 4.20. The van der Waals surface area contributed by atoms with Crippen LogP contribution in [0.15, 0.2) is 42.7 Å². The highest BCUT2D eigenvalue weighted by atomic mass is 32.2. The number of nitrogens with one attached hydrogen (secondary N) is 1. The Bertz CT molecular complexity index is 503. The van der Waals surface area contributed by atoms with Gasteiger partial charge in [-0.3, -0.25) is 0 Å². The van der Waals surface area contributed by atoms with Crippen LogP contribution in [0.3, 0.4) is 0 Å². The first kappa shape index (κ1) is 12.8. The van der Waals surface area contributed by atoms with Crippen LogP contribution in [0, 0.1) is 0 Å². The van der Waals surface area contributed by atoms with Crippen molar-refractivity contribution in [3.63, 3.8) is 0 Å². The number of benzene rings is 1. The fraction of sp³-hybridized carbons (Fsp3) is 0.400. The van der Waals surface area contributed by atoms with Crippen LogP contribution < -0.4 is 5.32 Å². The maximum Gasteiger partial charge on any atom is 0.0645 e. The lowest BCUT2D eigenvalue weighted by Crippen LogP contribution is -2.31. The Labute approximate surface area is 118 Å². The fourth-order valence-electron chi connectivity index (χ4n) is 2.34. The smallest absolute Gasteiger partial charge is 0.0645 e. The quantitative estimate of drug-likeness (QED) is 0.929. The molecule has 1 N–H and O–H groups in total. The zero-order valence-corrected chi connectivity index (χ0v) is 11.8. The highest BCUT2D eigenvalue weighted by Gasteiger charge is 2.12. The van der Waals surface area contributed by atoms with E-state index in [1.807, 2.05) is 29.1 Å². The van der Waals surface area contributed by atoms with E-state index in [2.05, 4.69) is 40.5 Å². The van der Waals surface area contributed by atoms with E-state index in [-0.39, 0.29) is 0 Å². The molecule has 0 radical (unpaired) electrons. The molecule has 4 heteroatoms. The zero-order valence-electron chi connectivity index (χ0n) is 11.0. The summed E-state index contributed by atoms with van der Waals surface area (Å²) in [5.41, 5.74) is 2.37. The maximum absolute atomic E-state index is 4.42. The van der Waals surface area contributed by atoms with Gasteiger partial charge in [0.2, 0.25) is 0 Å². The van der Waals surface area contributed by atoms with E-state index in [9.17, 15) is 0 Å². The third kappa shape index (κ3) is 3.39. The number of hydrogen-bond donors (Lipinski definition) is 1. The molecule has 100 valence electrons. The Morgan fingerprint density at radius 1 is 1.21 bits per heavy atom. The SMILES string of the molecule is c1ccc(-n2cc(CNC3CCSCC3)cn2)cc1. The standard InChI is InChI=1S/C15H19N3S/c1-2-4-15(5-3-1)18-12-13(11-17-18)10-16-14-6-8-19-9-7-14/h1-5,11-12,14,16H,6-10H2. The fourth-order valence-corrected chi connectivity index (χ4v) is 3.44. The Balaban J connectivity index is 1.59. The largest absolute Gasteiger partial charge is 0.310 e. The highest BCUT2D eigenvalue weighted by Crippen LogP contribution is 2.17. The number of aromatic nitrogens is 2. The van der Waals surface area contributed by atoms with Crippen molar-refractivity contribution in [2.75, 3.05) is 11.5 Å². The second-order valence-corrected chi connectivity index (χ2v) is 6.12. The number of para-hydroxylation sites is 1. The molecule has 3 rings (SSSR count). The van der Waals surface area contributed by atoms with Crippen LogP contribution in [0.25, 0.3) is 5.69 Å². The summed E-state index contributed by atoms with van der Waals surface area (Å²) in [7, 11) is 0. The normalized spacial score (nSPS) is 16.6. The molecular weight excluding hydrogens is 254 g/mol. The molecule has 3 nitrogen and oxygen atoms in total. The number of rotatable bonds is 4. The van der Waals surface area contributed by atoms with Gasteiger partial charge in [0.1, 0.15) is 0 Å². The molecule has 19 heavy (non-hydrogen) atoms. The van der Waals surface area contributed by atoms with Crippen molar-refractivity contribution in [1.82, 2.24) is 15.1 Å². The van der Waals surface area contributed by atoms with E-state index in [4.69, 9.17) is 0 Å². The summed E-state index contributed by atoms with van der Waals surface area (Å²) in [5.74, 6) is 2.59. The van der Waals surface area contributed by atoms with E-state index in [1.165, 1.54) is 29.9 Å². The molecule has 0 saturated carbocycles. The molecule has 1 aliphatic rings. The van der Waals surface area contributed by atoms with Gasteiger partial charge in [-0.2, -0.15) is 16.9 Å². The van der Waals surface area contributed by atoms with Crippen molar-refractivity contribution < 1.29 is 0 Å². The minimum absolute atomic E-state index is 0.682. The van der Waals surface area contributed by atoms with Crippen LogP contribution in [0.5, 0.6) is 0 Å².